The largest absolute Gasteiger partial charge is 0.494 e. The van der Waals surface area contributed by atoms with Crippen LogP contribution < -0.4 is 4.74 Å². The van der Waals surface area contributed by atoms with E-state index in [1.54, 1.807) is 0 Å². The van der Waals surface area contributed by atoms with Crippen molar-refractivity contribution >= 4 is 22.7 Å². The van der Waals surface area contributed by atoms with E-state index < -0.39 is 41.5 Å². The van der Waals surface area contributed by atoms with Crippen molar-refractivity contribution in [1.82, 2.24) is 4.98 Å². The molecule has 2 aromatic carbocycles. The summed E-state index contributed by atoms with van der Waals surface area (Å²) in [7, 11) is 1.25. The maximum Gasteiger partial charge on any atom is 0.417 e. The molecule has 9 heteroatoms. The van der Waals surface area contributed by atoms with Crippen LogP contribution in [0.25, 0.3) is 10.9 Å². The van der Waals surface area contributed by atoms with Gasteiger partial charge >= 0.3 is 12.1 Å². The lowest BCUT2D eigenvalue weighted by Gasteiger charge is -2.14. The van der Waals surface area contributed by atoms with Crippen molar-refractivity contribution in [3.8, 4) is 5.75 Å². The Morgan fingerprint density at radius 1 is 1.10 bits per heavy atom. The summed E-state index contributed by atoms with van der Waals surface area (Å²) in [5.41, 5.74) is -2.08. The van der Waals surface area contributed by atoms with Crippen molar-refractivity contribution in [2.24, 2.45) is 0 Å². The van der Waals surface area contributed by atoms with E-state index in [0.717, 1.165) is 12.3 Å². The van der Waals surface area contributed by atoms with Crippen LogP contribution in [0.2, 0.25) is 0 Å². The SMILES string of the molecule is COc1ccc(C(=O)COC(=O)c2cnc3ccccc3c2C(F)(F)F)cc1F. The molecular formula is C20H13F4NO4. The highest BCUT2D eigenvalue weighted by molar-refractivity contribution is 6.01. The number of ketones is 1. The number of carbonyl (C=O) groups excluding carboxylic acids is 2. The monoisotopic (exact) mass is 407 g/mol. The van der Waals surface area contributed by atoms with Gasteiger partial charge in [-0.15, -0.1) is 0 Å². The molecule has 3 rings (SSSR count). The zero-order chi connectivity index (χ0) is 21.2. The third-order valence-corrected chi connectivity index (χ3v) is 4.09. The van der Waals surface area contributed by atoms with Crippen molar-refractivity contribution in [3.05, 3.63) is 71.2 Å². The van der Waals surface area contributed by atoms with Gasteiger partial charge in [-0.3, -0.25) is 9.78 Å². The van der Waals surface area contributed by atoms with Gasteiger partial charge in [-0.1, -0.05) is 18.2 Å². The van der Waals surface area contributed by atoms with Crippen LogP contribution in [0.4, 0.5) is 17.6 Å². The number of esters is 1. The number of methoxy groups -OCH3 is 1. The van der Waals surface area contributed by atoms with Crippen molar-refractivity contribution < 1.29 is 36.6 Å². The number of hydrogen-bond donors (Lipinski definition) is 0. The van der Waals surface area contributed by atoms with Crippen LogP contribution in [0.3, 0.4) is 0 Å². The molecule has 0 radical (unpaired) electrons. The molecule has 0 saturated carbocycles. The van der Waals surface area contributed by atoms with Gasteiger partial charge in [0.05, 0.1) is 23.8 Å². The molecule has 0 amide bonds. The molecule has 0 fully saturated rings. The molecular weight excluding hydrogens is 394 g/mol. The third kappa shape index (κ3) is 4.18. The fourth-order valence-corrected chi connectivity index (χ4v) is 2.73. The lowest BCUT2D eigenvalue weighted by atomic mass is 10.0. The molecule has 1 aromatic heterocycles. The smallest absolute Gasteiger partial charge is 0.417 e. The van der Waals surface area contributed by atoms with Gasteiger partial charge in [0.15, 0.2) is 24.0 Å². The number of carbonyl (C=O) groups is 2. The summed E-state index contributed by atoms with van der Waals surface area (Å²) in [6, 6.07) is 8.80. The van der Waals surface area contributed by atoms with Crippen molar-refractivity contribution in [2.45, 2.75) is 6.18 Å². The number of aromatic nitrogens is 1. The summed E-state index contributed by atoms with van der Waals surface area (Å²) in [6.07, 6.45) is -4.09. The first-order chi connectivity index (χ1) is 13.7. The highest BCUT2D eigenvalue weighted by Gasteiger charge is 2.38. The van der Waals surface area contributed by atoms with Crippen LogP contribution >= 0.6 is 0 Å². The Labute approximate surface area is 161 Å². The minimum Gasteiger partial charge on any atom is -0.494 e. The lowest BCUT2D eigenvalue weighted by Crippen LogP contribution is -2.19. The summed E-state index contributed by atoms with van der Waals surface area (Å²) in [4.78, 5) is 28.2. The number of Topliss-reactive ketones (excluding diaryl/α,β-unsaturated/α-hetero) is 1. The second-order valence-electron chi connectivity index (χ2n) is 5.91. The zero-order valence-electron chi connectivity index (χ0n) is 14.9. The van der Waals surface area contributed by atoms with E-state index in [-0.39, 0.29) is 22.2 Å². The molecule has 3 aromatic rings. The normalized spacial score (nSPS) is 11.3. The van der Waals surface area contributed by atoms with Gasteiger partial charge in [0.2, 0.25) is 0 Å². The first kappa shape index (κ1) is 20.2. The molecule has 0 spiro atoms. The average Bonchev–Trinajstić information content (AvgIpc) is 2.70. The van der Waals surface area contributed by atoms with Crippen molar-refractivity contribution in [1.29, 1.82) is 0 Å². The van der Waals surface area contributed by atoms with E-state index in [0.29, 0.717) is 0 Å². The van der Waals surface area contributed by atoms with Gasteiger partial charge in [-0.05, 0) is 24.3 Å². The number of para-hydroxylation sites is 1. The second-order valence-corrected chi connectivity index (χ2v) is 5.91. The molecule has 0 aliphatic rings. The highest BCUT2D eigenvalue weighted by atomic mass is 19.4. The van der Waals surface area contributed by atoms with Crippen LogP contribution in [0.1, 0.15) is 26.3 Å². The second kappa shape index (κ2) is 7.86. The molecule has 1 heterocycles. The quantitative estimate of drug-likeness (QED) is 0.355. The molecule has 0 bridgehead atoms. The predicted octanol–water partition coefficient (Wildman–Crippen LogP) is 4.44. The molecule has 0 N–H and O–H groups in total. The summed E-state index contributed by atoms with van der Waals surface area (Å²) in [5.74, 6) is -3.04. The minimum absolute atomic E-state index is 0.0566. The van der Waals surface area contributed by atoms with Crippen LogP contribution in [0, 0.1) is 5.82 Å². The molecule has 0 aliphatic heterocycles. The highest BCUT2D eigenvalue weighted by Crippen LogP contribution is 2.37. The summed E-state index contributed by atoms with van der Waals surface area (Å²) < 4.78 is 63.8. The van der Waals surface area contributed by atoms with E-state index in [1.165, 1.54) is 43.5 Å². The van der Waals surface area contributed by atoms with E-state index in [4.69, 9.17) is 9.47 Å². The number of rotatable bonds is 5. The number of halogens is 4. The van der Waals surface area contributed by atoms with Crippen LogP contribution in [-0.4, -0.2) is 30.5 Å². The molecule has 5 nitrogen and oxygen atoms in total. The Morgan fingerprint density at radius 3 is 2.48 bits per heavy atom. The molecule has 29 heavy (non-hydrogen) atoms. The first-order valence-corrected chi connectivity index (χ1v) is 8.21. The lowest BCUT2D eigenvalue weighted by molar-refractivity contribution is -0.136. The van der Waals surface area contributed by atoms with Gasteiger partial charge < -0.3 is 9.47 Å². The Bertz CT molecular complexity index is 1100. The van der Waals surface area contributed by atoms with Crippen LogP contribution in [0.15, 0.2) is 48.7 Å². The van der Waals surface area contributed by atoms with Gasteiger partial charge in [0.1, 0.15) is 0 Å². The standard InChI is InChI=1S/C20H13F4NO4/c1-28-17-7-6-11(8-14(17)21)16(26)10-29-19(27)13-9-25-15-5-3-2-4-12(15)18(13)20(22,23)24/h2-9H,10H2,1H3. The number of ether oxygens (including phenoxy) is 2. The molecule has 0 atom stereocenters. The Balaban J connectivity index is 1.85. The number of pyridine rings is 1. The zero-order valence-corrected chi connectivity index (χ0v) is 14.9. The van der Waals surface area contributed by atoms with Crippen LogP contribution in [0.5, 0.6) is 5.75 Å². The predicted molar refractivity (Wildman–Crippen MR) is 94.3 cm³/mol. The summed E-state index contributed by atoms with van der Waals surface area (Å²) >= 11 is 0. The fraction of sp³-hybridized carbons (Fsp3) is 0.150. The number of fused-ring (bicyclic) bond motifs is 1. The van der Waals surface area contributed by atoms with E-state index >= 15 is 0 Å². The number of hydrogen-bond acceptors (Lipinski definition) is 5. The van der Waals surface area contributed by atoms with Gasteiger partial charge in [0, 0.05) is 17.1 Å². The Kier molecular flexibility index (Phi) is 5.49. The Morgan fingerprint density at radius 2 is 1.83 bits per heavy atom. The van der Waals surface area contributed by atoms with Crippen LogP contribution in [-0.2, 0) is 10.9 Å². The summed E-state index contributed by atoms with van der Waals surface area (Å²) in [5, 5.41) is -0.266. The maximum atomic E-state index is 13.7. The first-order valence-electron chi connectivity index (χ1n) is 8.21. The summed E-state index contributed by atoms with van der Waals surface area (Å²) in [6.45, 7) is -0.866. The molecule has 0 unspecified atom stereocenters. The number of nitrogens with zero attached hydrogens (tertiary/aromatic N) is 1. The number of alkyl halides is 3. The van der Waals surface area contributed by atoms with E-state index in [9.17, 15) is 27.2 Å². The van der Waals surface area contributed by atoms with Gasteiger partial charge in [0.25, 0.3) is 0 Å². The van der Waals surface area contributed by atoms with Gasteiger partial charge in [-0.25, -0.2) is 9.18 Å². The van der Waals surface area contributed by atoms with E-state index in [2.05, 4.69) is 4.98 Å². The van der Waals surface area contributed by atoms with Crippen molar-refractivity contribution in [3.63, 3.8) is 0 Å². The molecule has 0 saturated heterocycles. The number of benzene rings is 2. The average molecular weight is 407 g/mol. The topological polar surface area (TPSA) is 65.5 Å². The fourth-order valence-electron chi connectivity index (χ4n) is 2.73. The van der Waals surface area contributed by atoms with Crippen molar-refractivity contribution in [2.75, 3.05) is 13.7 Å². The third-order valence-electron chi connectivity index (χ3n) is 4.09. The Hall–Kier alpha value is -3.49. The minimum atomic E-state index is -4.85. The maximum absolute atomic E-state index is 13.7. The van der Waals surface area contributed by atoms with Gasteiger partial charge in [-0.2, -0.15) is 13.2 Å². The molecule has 0 aliphatic carbocycles. The van der Waals surface area contributed by atoms with E-state index in [1.807, 2.05) is 0 Å². The molecule has 150 valence electrons.